The molecule has 0 aliphatic carbocycles. The highest BCUT2D eigenvalue weighted by molar-refractivity contribution is 5.98. The second kappa shape index (κ2) is 2.90. The van der Waals surface area contributed by atoms with Crippen LogP contribution >= 0.6 is 0 Å². The second-order valence-corrected chi connectivity index (χ2v) is 2.76. The molecule has 0 amide bonds. The third-order valence-electron chi connectivity index (χ3n) is 1.94. The third-order valence-corrected chi connectivity index (χ3v) is 1.94. The van der Waals surface area contributed by atoms with E-state index in [0.717, 1.165) is 5.56 Å². The van der Waals surface area contributed by atoms with Gasteiger partial charge in [-0.15, -0.1) is 0 Å². The molecular weight excluding hydrogens is 168 g/mol. The molecule has 4 heteroatoms. The van der Waals surface area contributed by atoms with Crippen LogP contribution in [0.25, 0.3) is 0 Å². The van der Waals surface area contributed by atoms with Crippen molar-refractivity contribution in [1.82, 2.24) is 0 Å². The van der Waals surface area contributed by atoms with E-state index < -0.39 is 5.97 Å². The number of hydrogen-bond donors (Lipinski definition) is 2. The van der Waals surface area contributed by atoms with Crippen LogP contribution in [0.1, 0.15) is 15.9 Å². The lowest BCUT2D eigenvalue weighted by atomic mass is 10.1. The van der Waals surface area contributed by atoms with E-state index in [1.165, 1.54) is 6.34 Å². The molecule has 66 valence electrons. The lowest BCUT2D eigenvalue weighted by Crippen LogP contribution is -2.10. The average Bonchev–Trinajstić information content (AvgIpc) is 2.17. The number of fused-ring (bicyclic) bond motifs is 1. The van der Waals surface area contributed by atoms with Crippen molar-refractivity contribution >= 4 is 18.0 Å². The van der Waals surface area contributed by atoms with Crippen LogP contribution in [-0.2, 0) is 6.54 Å². The fraction of sp³-hybridized carbons (Fsp3) is 0.111. The predicted molar refractivity (Wildman–Crippen MR) is 49.2 cm³/mol. The van der Waals surface area contributed by atoms with E-state index in [0.29, 0.717) is 17.8 Å². The predicted octanol–water partition coefficient (Wildman–Crippen LogP) is 1.34. The van der Waals surface area contributed by atoms with Gasteiger partial charge in [-0.1, -0.05) is 12.1 Å². The maximum atomic E-state index is 10.8. The number of carboxylic acids is 1. The fourth-order valence-electron chi connectivity index (χ4n) is 1.33. The number of aliphatic imine (C=N–C) groups is 1. The van der Waals surface area contributed by atoms with Gasteiger partial charge in [0.1, 0.15) is 0 Å². The number of anilines is 1. The fourth-order valence-corrected chi connectivity index (χ4v) is 1.33. The normalized spacial score (nSPS) is 13.2. The first-order valence-corrected chi connectivity index (χ1v) is 3.89. The van der Waals surface area contributed by atoms with Gasteiger partial charge in [0.25, 0.3) is 0 Å². The van der Waals surface area contributed by atoms with Gasteiger partial charge in [-0.05, 0) is 11.6 Å². The van der Waals surface area contributed by atoms with Crippen molar-refractivity contribution in [3.8, 4) is 0 Å². The molecule has 1 aromatic rings. The minimum atomic E-state index is -0.917. The van der Waals surface area contributed by atoms with Crippen LogP contribution in [0.3, 0.4) is 0 Å². The monoisotopic (exact) mass is 176 g/mol. The Kier molecular flexibility index (Phi) is 1.73. The summed E-state index contributed by atoms with van der Waals surface area (Å²) in [5, 5.41) is 11.7. The molecule has 1 aliphatic heterocycles. The van der Waals surface area contributed by atoms with E-state index in [-0.39, 0.29) is 0 Å². The highest BCUT2D eigenvalue weighted by Crippen LogP contribution is 2.23. The van der Waals surface area contributed by atoms with Gasteiger partial charge in [-0.3, -0.25) is 4.99 Å². The van der Waals surface area contributed by atoms with Gasteiger partial charge in [0.2, 0.25) is 0 Å². The Morgan fingerprint density at radius 2 is 2.38 bits per heavy atom. The van der Waals surface area contributed by atoms with Gasteiger partial charge in [0.15, 0.2) is 0 Å². The summed E-state index contributed by atoms with van der Waals surface area (Å²) in [6.45, 7) is 0.545. The number of rotatable bonds is 1. The first kappa shape index (κ1) is 7.79. The van der Waals surface area contributed by atoms with Crippen molar-refractivity contribution in [2.24, 2.45) is 4.99 Å². The Morgan fingerprint density at radius 1 is 1.54 bits per heavy atom. The zero-order valence-electron chi connectivity index (χ0n) is 6.82. The number of hydrogen-bond acceptors (Lipinski definition) is 3. The number of carbonyl (C=O) groups is 1. The standard InChI is InChI=1S/C9H8N2O2/c12-9(13)7-3-1-2-6-4-10-5-11-8(6)7/h1-3,5H,4H2,(H,10,11)(H,12,13). The molecule has 4 nitrogen and oxygen atoms in total. The zero-order chi connectivity index (χ0) is 9.26. The van der Waals surface area contributed by atoms with Gasteiger partial charge in [-0.2, -0.15) is 0 Å². The van der Waals surface area contributed by atoms with Crippen molar-refractivity contribution in [3.05, 3.63) is 29.3 Å². The molecule has 1 heterocycles. The number of nitrogens with zero attached hydrogens (tertiary/aromatic N) is 1. The second-order valence-electron chi connectivity index (χ2n) is 2.76. The number of aromatic carboxylic acids is 1. The Hall–Kier alpha value is -1.84. The topological polar surface area (TPSA) is 61.7 Å². The third kappa shape index (κ3) is 1.26. The molecule has 0 fully saturated rings. The molecule has 1 aromatic carbocycles. The zero-order valence-corrected chi connectivity index (χ0v) is 6.82. The van der Waals surface area contributed by atoms with Crippen LogP contribution in [0.2, 0.25) is 0 Å². The summed E-state index contributed by atoms with van der Waals surface area (Å²) in [7, 11) is 0. The average molecular weight is 176 g/mol. The van der Waals surface area contributed by atoms with E-state index in [1.807, 2.05) is 6.07 Å². The maximum Gasteiger partial charge on any atom is 0.337 e. The highest BCUT2D eigenvalue weighted by atomic mass is 16.4. The largest absolute Gasteiger partial charge is 0.478 e. The molecule has 0 saturated heterocycles. The SMILES string of the molecule is O=C(O)c1cccc2c1NC=NC2. The van der Waals surface area contributed by atoms with Gasteiger partial charge in [0.05, 0.1) is 24.1 Å². The van der Waals surface area contributed by atoms with Crippen molar-refractivity contribution in [2.75, 3.05) is 5.32 Å². The van der Waals surface area contributed by atoms with Gasteiger partial charge < -0.3 is 10.4 Å². The van der Waals surface area contributed by atoms with E-state index in [1.54, 1.807) is 12.1 Å². The summed E-state index contributed by atoms with van der Waals surface area (Å²) in [6.07, 6.45) is 1.52. The highest BCUT2D eigenvalue weighted by Gasteiger charge is 2.14. The Labute approximate surface area is 74.9 Å². The molecule has 0 unspecified atom stereocenters. The summed E-state index contributed by atoms with van der Waals surface area (Å²) >= 11 is 0. The molecule has 0 aromatic heterocycles. The van der Waals surface area contributed by atoms with Crippen LogP contribution in [0, 0.1) is 0 Å². The molecule has 0 radical (unpaired) electrons. The van der Waals surface area contributed by atoms with Gasteiger partial charge >= 0.3 is 5.97 Å². The number of benzene rings is 1. The van der Waals surface area contributed by atoms with Crippen molar-refractivity contribution in [1.29, 1.82) is 0 Å². The molecule has 0 saturated carbocycles. The molecular formula is C9H8N2O2. The summed E-state index contributed by atoms with van der Waals surface area (Å²) in [4.78, 5) is 14.8. The number of nitrogens with one attached hydrogen (secondary N) is 1. The first-order chi connectivity index (χ1) is 6.29. The van der Waals surface area contributed by atoms with Crippen LogP contribution < -0.4 is 5.32 Å². The molecule has 2 rings (SSSR count). The summed E-state index contributed by atoms with van der Waals surface area (Å²) in [5.41, 5.74) is 1.87. The quantitative estimate of drug-likeness (QED) is 0.678. The summed E-state index contributed by atoms with van der Waals surface area (Å²) < 4.78 is 0. The van der Waals surface area contributed by atoms with Crippen LogP contribution in [0.4, 0.5) is 5.69 Å². The first-order valence-electron chi connectivity index (χ1n) is 3.89. The summed E-state index contributed by atoms with van der Waals surface area (Å²) in [5.74, 6) is -0.917. The smallest absolute Gasteiger partial charge is 0.337 e. The Balaban J connectivity index is 2.55. The van der Waals surface area contributed by atoms with E-state index in [4.69, 9.17) is 5.11 Å². The molecule has 0 spiro atoms. The van der Waals surface area contributed by atoms with E-state index in [2.05, 4.69) is 10.3 Å². The number of carboxylic acid groups (broad SMARTS) is 1. The van der Waals surface area contributed by atoms with Gasteiger partial charge in [-0.25, -0.2) is 4.79 Å². The van der Waals surface area contributed by atoms with E-state index in [9.17, 15) is 4.79 Å². The van der Waals surface area contributed by atoms with Gasteiger partial charge in [0, 0.05) is 0 Å². The lowest BCUT2D eigenvalue weighted by Gasteiger charge is -2.13. The molecule has 2 N–H and O–H groups in total. The van der Waals surface area contributed by atoms with Crippen molar-refractivity contribution < 1.29 is 9.90 Å². The Morgan fingerprint density at radius 3 is 3.15 bits per heavy atom. The molecule has 0 atom stereocenters. The molecule has 1 aliphatic rings. The van der Waals surface area contributed by atoms with Crippen molar-refractivity contribution in [2.45, 2.75) is 6.54 Å². The van der Waals surface area contributed by atoms with Crippen LogP contribution in [0.15, 0.2) is 23.2 Å². The lowest BCUT2D eigenvalue weighted by molar-refractivity contribution is 0.0698. The van der Waals surface area contributed by atoms with Crippen LogP contribution in [0.5, 0.6) is 0 Å². The minimum Gasteiger partial charge on any atom is -0.478 e. The van der Waals surface area contributed by atoms with Crippen LogP contribution in [-0.4, -0.2) is 17.4 Å². The number of para-hydroxylation sites is 1. The Bertz CT molecular complexity index is 385. The van der Waals surface area contributed by atoms with E-state index >= 15 is 0 Å². The summed E-state index contributed by atoms with van der Waals surface area (Å²) in [6, 6.07) is 5.17. The molecule has 13 heavy (non-hydrogen) atoms. The minimum absolute atomic E-state index is 0.295. The van der Waals surface area contributed by atoms with Crippen molar-refractivity contribution in [3.63, 3.8) is 0 Å². The molecule has 0 bridgehead atoms. The maximum absolute atomic E-state index is 10.8.